The number of phenols is 1. The Labute approximate surface area is 767 Å². The lowest BCUT2D eigenvalue weighted by Gasteiger charge is -2.23. The minimum Gasteiger partial charge on any atom is -0.504 e. The van der Waals surface area contributed by atoms with E-state index in [2.05, 4.69) is 67.6 Å². The standard InChI is InChI=1S/C58H60N6O10.C24H34Br2N2O5.C17H14N2O3/c1-33(2)55(62-53(66)17-11-12-18-54(67)72-6)49(65)20-35(4)56(68)61-40-22-36(31-73-50-27-45-43(19-34(50)3)57(69)63-41(29-59-45)24-38-13-7-9-15-47(38)63)21-37(23-40)32-74-52-28-46-44(26-51(52)71-5)58(70)64-42(30-60-46)25-39-14-8-10-16-48(39)64;1-15(2)23(28-21(30)7-5-6-8-22(31)33-4)20(29)9-16(3)24(32)27-19-11-17(13-25)10-18(12-19)14-26;1-22-16-7-12-13(8-15(16)20)18-9-11-6-10-4-2-3-5-14(10)19(11)17(12)21/h7-10,13-16,19,21-23,26-30,33,35,41-42,55H,11-12,17-18,20,24-25,31-32H2,1-6H3,(H,61,68)(H,62,66);10-12,15-16,23H,5-9,13-14H2,1-4H3,(H,27,32)(H,28,30);2-5,7-9,11,20H,6H2,1H3/t35-,41+,42+,55+;16-,23+;11-/m110/s1. The zero-order chi connectivity index (χ0) is 92.4. The summed E-state index contributed by atoms with van der Waals surface area (Å²) in [6.07, 6.45) is 10.2. The van der Waals surface area contributed by atoms with E-state index in [-0.39, 0.29) is 152 Å². The molecule has 6 aliphatic heterocycles. The molecule has 28 nitrogen and oxygen atoms in total. The summed E-state index contributed by atoms with van der Waals surface area (Å²) in [6, 6.07) is 42.8. The van der Waals surface area contributed by atoms with Crippen LogP contribution < -0.4 is 54.9 Å². The Bertz CT molecular complexity index is 5670. The molecule has 676 valence electrons. The van der Waals surface area contributed by atoms with Crippen molar-refractivity contribution < 1.29 is 86.3 Å². The minimum atomic E-state index is -0.806. The third-order valence-corrected chi connectivity index (χ3v) is 24.5. The number of ether oxygens (including phenoxy) is 6. The van der Waals surface area contributed by atoms with E-state index in [1.54, 1.807) is 77.4 Å². The van der Waals surface area contributed by atoms with Gasteiger partial charge in [-0.25, -0.2) is 0 Å². The highest BCUT2D eigenvalue weighted by molar-refractivity contribution is 9.08. The molecule has 7 atom stereocenters. The molecule has 129 heavy (non-hydrogen) atoms. The number of Topliss-reactive ketones (excluding diaryl/α,β-unsaturated/α-hetero) is 2. The maximum atomic E-state index is 14.1. The number of rotatable bonds is 34. The first-order chi connectivity index (χ1) is 62.0. The number of alkyl halides is 2. The van der Waals surface area contributed by atoms with E-state index in [0.717, 1.165) is 56.9 Å². The fourth-order valence-corrected chi connectivity index (χ4v) is 17.1. The van der Waals surface area contributed by atoms with E-state index in [4.69, 9.17) is 28.9 Å². The van der Waals surface area contributed by atoms with E-state index < -0.39 is 29.8 Å². The number of hydrogen-bond donors (Lipinski definition) is 5. The molecular formula is C99H108Br2N10O18. The highest BCUT2D eigenvalue weighted by atomic mass is 79.9. The van der Waals surface area contributed by atoms with Crippen molar-refractivity contribution in [3.05, 3.63) is 207 Å². The van der Waals surface area contributed by atoms with Gasteiger partial charge in [-0.3, -0.25) is 82.4 Å². The molecule has 8 aromatic carbocycles. The number of nitrogens with one attached hydrogen (secondary N) is 4. The predicted octanol–water partition coefficient (Wildman–Crippen LogP) is 16.7. The van der Waals surface area contributed by atoms with Crippen molar-refractivity contribution in [2.45, 2.75) is 186 Å². The number of carbonyl (C=O) groups is 11. The average molecular weight is 1890 g/mol. The molecule has 6 heterocycles. The Balaban J connectivity index is 0.000000223. The number of amides is 7. The van der Waals surface area contributed by atoms with Crippen LogP contribution in [0.25, 0.3) is 0 Å². The molecular weight excluding hydrogens is 1780 g/mol. The number of benzene rings is 8. The second-order valence-corrected chi connectivity index (χ2v) is 34.6. The van der Waals surface area contributed by atoms with Gasteiger partial charge >= 0.3 is 11.9 Å². The molecule has 14 rings (SSSR count). The van der Waals surface area contributed by atoms with Crippen LogP contribution in [-0.2, 0) is 91.0 Å². The number of fused-ring (bicyclic) bond motifs is 12. The Kier molecular flexibility index (Phi) is 32.4. The number of methoxy groups -OCH3 is 4. The molecule has 0 unspecified atom stereocenters. The van der Waals surface area contributed by atoms with Gasteiger partial charge in [0.2, 0.25) is 23.6 Å². The first-order valence-electron chi connectivity index (χ1n) is 43.2. The molecule has 0 aromatic heterocycles. The van der Waals surface area contributed by atoms with Gasteiger partial charge in [0, 0.05) is 146 Å². The van der Waals surface area contributed by atoms with Crippen molar-refractivity contribution in [2.24, 2.45) is 38.6 Å². The van der Waals surface area contributed by atoms with Gasteiger partial charge in [-0.15, -0.1) is 0 Å². The summed E-state index contributed by atoms with van der Waals surface area (Å²) in [7, 11) is 5.61. The lowest BCUT2D eigenvalue weighted by atomic mass is 9.92. The van der Waals surface area contributed by atoms with Crippen molar-refractivity contribution in [1.29, 1.82) is 0 Å². The van der Waals surface area contributed by atoms with Crippen molar-refractivity contribution in [3.8, 4) is 28.7 Å². The number of unbranched alkanes of at least 4 members (excludes halogenated alkanes) is 2. The van der Waals surface area contributed by atoms with Crippen molar-refractivity contribution in [1.82, 2.24) is 10.6 Å². The van der Waals surface area contributed by atoms with Crippen LogP contribution in [0.15, 0.2) is 161 Å². The molecule has 0 saturated heterocycles. The second kappa shape index (κ2) is 43.9. The Hall–Kier alpha value is -12.7. The summed E-state index contributed by atoms with van der Waals surface area (Å²) < 4.78 is 33.1. The maximum Gasteiger partial charge on any atom is 0.305 e. The SMILES string of the molecule is COC(=O)CCCCC(=O)N[C@H](C(=O)C[C@@H](C)C(=O)Nc1cc(CBr)cc(CBr)c1)C(C)C.COC(=O)CCCCC(=O)N[C@H](C(=O)C[C@@H](C)C(=O)Nc1cc(COc2cc3c(cc2C)C(=O)N2c4ccccc4C[C@H]2C=N3)cc(COc2cc3c(cc2OC)C(=O)N2c4ccccc4C[C@H]2C=N3)c1)C(C)C.COc1cc2c(cc1O)N=C[C@@H]1Cc3ccccc3N1C2=O. The highest BCUT2D eigenvalue weighted by Gasteiger charge is 2.41. The van der Waals surface area contributed by atoms with Gasteiger partial charge in [0.05, 0.1) is 92.4 Å². The van der Waals surface area contributed by atoms with Crippen LogP contribution in [-0.4, -0.2) is 147 Å². The molecule has 0 aliphatic carbocycles. The van der Waals surface area contributed by atoms with Crippen LogP contribution in [0, 0.1) is 30.6 Å². The van der Waals surface area contributed by atoms with Crippen molar-refractivity contribution in [2.75, 3.05) is 53.8 Å². The number of nitrogens with zero attached hydrogens (tertiary/aromatic N) is 6. The Morgan fingerprint density at radius 1 is 0.442 bits per heavy atom. The number of hydrogen-bond acceptors (Lipinski definition) is 21. The van der Waals surface area contributed by atoms with Crippen LogP contribution >= 0.6 is 31.9 Å². The fraction of sp³-hybridized carbons (Fsp3) is 0.374. The van der Waals surface area contributed by atoms with Crippen molar-refractivity contribution in [3.63, 3.8) is 0 Å². The minimum absolute atomic E-state index is 0.00757. The Morgan fingerprint density at radius 3 is 1.19 bits per heavy atom. The quantitative estimate of drug-likeness (QED) is 0.0142. The van der Waals surface area contributed by atoms with E-state index in [9.17, 15) is 57.8 Å². The van der Waals surface area contributed by atoms with Gasteiger partial charge in [0.1, 0.15) is 19.0 Å². The van der Waals surface area contributed by atoms with Crippen LogP contribution in [0.1, 0.15) is 181 Å². The van der Waals surface area contributed by atoms with Crippen LogP contribution in [0.4, 0.5) is 45.5 Å². The predicted molar refractivity (Wildman–Crippen MR) is 502 cm³/mol. The molecule has 6 aliphatic rings. The number of aliphatic imine (C=N–C) groups is 3. The van der Waals surface area contributed by atoms with Crippen LogP contribution in [0.3, 0.4) is 0 Å². The maximum absolute atomic E-state index is 14.1. The molecule has 0 bridgehead atoms. The normalized spacial score (nSPS) is 15.9. The summed E-state index contributed by atoms with van der Waals surface area (Å²) >= 11 is 6.87. The van der Waals surface area contributed by atoms with Gasteiger partial charge in [0.25, 0.3) is 17.7 Å². The highest BCUT2D eigenvalue weighted by Crippen LogP contribution is 2.45. The first-order valence-corrected chi connectivity index (χ1v) is 45.4. The number of anilines is 5. The summed E-state index contributed by atoms with van der Waals surface area (Å²) in [5, 5.41) is 22.7. The van der Waals surface area contributed by atoms with Crippen molar-refractivity contribution >= 4 is 161 Å². The summed E-state index contributed by atoms with van der Waals surface area (Å²) in [5.74, 6) is -2.94. The number of ketones is 2. The summed E-state index contributed by atoms with van der Waals surface area (Å²) in [6.45, 7) is 12.7. The molecule has 0 fully saturated rings. The molecule has 0 saturated carbocycles. The lowest BCUT2D eigenvalue weighted by Crippen LogP contribution is -2.45. The van der Waals surface area contributed by atoms with Gasteiger partial charge in [-0.2, -0.15) is 0 Å². The lowest BCUT2D eigenvalue weighted by molar-refractivity contribution is -0.141. The number of aryl methyl sites for hydroxylation is 1. The van der Waals surface area contributed by atoms with E-state index in [1.807, 2.05) is 144 Å². The summed E-state index contributed by atoms with van der Waals surface area (Å²) in [4.78, 5) is 161. The second-order valence-electron chi connectivity index (χ2n) is 33.4. The van der Waals surface area contributed by atoms with E-state index in [1.165, 1.54) is 34.5 Å². The van der Waals surface area contributed by atoms with Gasteiger partial charge < -0.3 is 54.8 Å². The number of para-hydroxylation sites is 3. The molecule has 30 heteroatoms. The monoisotopic (exact) mass is 1880 g/mol. The molecule has 7 amide bonds. The number of aromatic hydroxyl groups is 1. The molecule has 5 N–H and O–H groups in total. The van der Waals surface area contributed by atoms with E-state index >= 15 is 0 Å². The number of halogens is 2. The van der Waals surface area contributed by atoms with Crippen LogP contribution in [0.2, 0.25) is 0 Å². The summed E-state index contributed by atoms with van der Waals surface area (Å²) in [5.41, 5.74) is 13.9. The first kappa shape index (κ1) is 95.4. The third kappa shape index (κ3) is 23.4. The molecule has 0 radical (unpaired) electrons. The zero-order valence-electron chi connectivity index (χ0n) is 74.1. The number of phenolic OH excluding ortho intramolecular Hbond substituents is 1. The number of esters is 2. The average Bonchev–Trinajstić information content (AvgIpc) is 1.62. The van der Waals surface area contributed by atoms with Gasteiger partial charge in [-0.1, -0.05) is 134 Å². The smallest absolute Gasteiger partial charge is 0.305 e. The largest absolute Gasteiger partial charge is 0.504 e. The third-order valence-electron chi connectivity index (χ3n) is 23.2. The van der Waals surface area contributed by atoms with Gasteiger partial charge in [0.15, 0.2) is 34.6 Å². The Morgan fingerprint density at radius 2 is 0.798 bits per heavy atom. The fourth-order valence-electron chi connectivity index (χ4n) is 16.4. The van der Waals surface area contributed by atoms with E-state index in [0.29, 0.717) is 123 Å². The molecule has 8 aromatic rings. The molecule has 0 spiro atoms. The number of carbonyl (C=O) groups excluding carboxylic acids is 11. The van der Waals surface area contributed by atoms with Gasteiger partial charge in [-0.05, 0) is 156 Å². The van der Waals surface area contributed by atoms with Crippen LogP contribution in [0.5, 0.6) is 28.7 Å². The topological polar surface area (TPSA) is 358 Å². The zero-order valence-corrected chi connectivity index (χ0v) is 77.3.